The van der Waals surface area contributed by atoms with Crippen LogP contribution in [-0.4, -0.2) is 15.4 Å². The van der Waals surface area contributed by atoms with E-state index < -0.39 is 0 Å². The second kappa shape index (κ2) is 6.50. The van der Waals surface area contributed by atoms with Crippen molar-refractivity contribution in [1.82, 2.24) is 9.36 Å². The molecule has 3 nitrogen and oxygen atoms in total. The predicted octanol–water partition coefficient (Wildman–Crippen LogP) is 3.59. The molecule has 1 aromatic carbocycles. The first kappa shape index (κ1) is 14.5. The molecule has 2 rings (SSSR count). The molecule has 1 aromatic heterocycles. The highest BCUT2D eigenvalue weighted by Crippen LogP contribution is 2.37. The van der Waals surface area contributed by atoms with E-state index in [0.717, 1.165) is 16.6 Å². The van der Waals surface area contributed by atoms with E-state index >= 15 is 0 Å². The zero-order valence-corrected chi connectivity index (χ0v) is 13.1. The lowest BCUT2D eigenvalue weighted by Gasteiger charge is -2.19. The molecule has 2 aromatic rings. The van der Waals surface area contributed by atoms with Crippen LogP contribution < -0.4 is 5.73 Å². The Morgan fingerprint density at radius 1 is 1.32 bits per heavy atom. The van der Waals surface area contributed by atoms with Crippen molar-refractivity contribution in [2.75, 3.05) is 0 Å². The van der Waals surface area contributed by atoms with Crippen molar-refractivity contribution < 1.29 is 0 Å². The minimum atomic E-state index is 0.0710. The van der Waals surface area contributed by atoms with Crippen LogP contribution in [0, 0.1) is 6.92 Å². The van der Waals surface area contributed by atoms with E-state index in [9.17, 15) is 0 Å². The Bertz CT molecular complexity index is 520. The fourth-order valence-electron chi connectivity index (χ4n) is 1.77. The van der Waals surface area contributed by atoms with Crippen LogP contribution in [0.25, 0.3) is 0 Å². The maximum atomic E-state index is 6.13. The Morgan fingerprint density at radius 2 is 2.00 bits per heavy atom. The Kier molecular flexibility index (Phi) is 4.96. The predicted molar refractivity (Wildman–Crippen MR) is 82.7 cm³/mol. The lowest BCUT2D eigenvalue weighted by molar-refractivity contribution is 0.720. The molecular weight excluding hydrogens is 274 g/mol. The van der Waals surface area contributed by atoms with E-state index in [4.69, 9.17) is 5.73 Å². The second-order valence-corrected chi connectivity index (χ2v) is 6.78. The summed E-state index contributed by atoms with van der Waals surface area (Å²) in [4.78, 5) is 4.51. The van der Waals surface area contributed by atoms with Gasteiger partial charge in [0.05, 0.1) is 5.25 Å². The molecule has 0 bridgehead atoms. The highest BCUT2D eigenvalue weighted by atomic mass is 32.2. The summed E-state index contributed by atoms with van der Waals surface area (Å²) in [7, 11) is 0. The van der Waals surface area contributed by atoms with Gasteiger partial charge in [0.2, 0.25) is 0 Å². The highest BCUT2D eigenvalue weighted by Gasteiger charge is 2.19. The Balaban J connectivity index is 2.18. The van der Waals surface area contributed by atoms with Crippen LogP contribution in [0.2, 0.25) is 0 Å². The molecule has 2 atom stereocenters. The van der Waals surface area contributed by atoms with Gasteiger partial charge >= 0.3 is 0 Å². The number of benzene rings is 1. The van der Waals surface area contributed by atoms with Gasteiger partial charge in [-0.25, -0.2) is 4.98 Å². The van der Waals surface area contributed by atoms with Crippen molar-refractivity contribution in [3.05, 3.63) is 41.2 Å². The molecule has 0 radical (unpaired) electrons. The highest BCUT2D eigenvalue weighted by molar-refractivity contribution is 8.01. The van der Waals surface area contributed by atoms with Crippen LogP contribution in [0.1, 0.15) is 36.0 Å². The topological polar surface area (TPSA) is 51.8 Å². The zero-order valence-electron chi connectivity index (χ0n) is 11.5. The minimum absolute atomic E-state index is 0.0710. The Morgan fingerprint density at radius 3 is 2.53 bits per heavy atom. The lowest BCUT2D eigenvalue weighted by atomic mass is 10.1. The number of nitrogens with two attached hydrogens (primary N) is 1. The molecular formula is C14H19N3S2. The molecule has 19 heavy (non-hydrogen) atoms. The Hall–Kier alpha value is -0.910. The molecule has 0 fully saturated rings. The second-order valence-electron chi connectivity index (χ2n) is 4.64. The number of thioether (sulfide) groups is 1. The van der Waals surface area contributed by atoms with Crippen LogP contribution in [-0.2, 0) is 6.42 Å². The monoisotopic (exact) mass is 293 g/mol. The van der Waals surface area contributed by atoms with Gasteiger partial charge in [0.1, 0.15) is 5.82 Å². The molecule has 0 saturated carbocycles. The summed E-state index contributed by atoms with van der Waals surface area (Å²) >= 11 is 3.18. The number of aromatic nitrogens is 2. The van der Waals surface area contributed by atoms with E-state index in [1.807, 2.05) is 6.92 Å². The average Bonchev–Trinajstić information content (AvgIpc) is 2.85. The van der Waals surface area contributed by atoms with Gasteiger partial charge in [-0.2, -0.15) is 4.37 Å². The molecule has 102 valence electrons. The lowest BCUT2D eigenvalue weighted by Crippen LogP contribution is -2.22. The van der Waals surface area contributed by atoms with Crippen molar-refractivity contribution in [3.63, 3.8) is 0 Å². The molecule has 0 aliphatic heterocycles. The fourth-order valence-corrected chi connectivity index (χ4v) is 3.75. The minimum Gasteiger partial charge on any atom is -0.327 e. The summed E-state index contributed by atoms with van der Waals surface area (Å²) in [5.41, 5.74) is 8.64. The van der Waals surface area contributed by atoms with Gasteiger partial charge in [0.25, 0.3) is 0 Å². The number of hydrogen-bond acceptors (Lipinski definition) is 5. The van der Waals surface area contributed by atoms with Gasteiger partial charge in [0, 0.05) is 12.5 Å². The first-order chi connectivity index (χ1) is 9.10. The van der Waals surface area contributed by atoms with Crippen LogP contribution in [0.3, 0.4) is 0 Å². The van der Waals surface area contributed by atoms with Crippen molar-refractivity contribution >= 4 is 23.3 Å². The fraction of sp³-hybridized carbons (Fsp3) is 0.429. The zero-order chi connectivity index (χ0) is 13.8. The summed E-state index contributed by atoms with van der Waals surface area (Å²) < 4.78 is 5.32. The van der Waals surface area contributed by atoms with Gasteiger partial charge in [-0.15, -0.1) is 0 Å². The summed E-state index contributed by atoms with van der Waals surface area (Å²) in [5, 5.41) is 0.221. The molecule has 2 unspecified atom stereocenters. The van der Waals surface area contributed by atoms with Gasteiger partial charge < -0.3 is 5.73 Å². The normalized spacial score (nSPS) is 14.3. The quantitative estimate of drug-likeness (QED) is 0.856. The third-order valence-corrected chi connectivity index (χ3v) is 5.19. The number of aryl methyl sites for hydroxylation is 2. The van der Waals surface area contributed by atoms with E-state index in [0.29, 0.717) is 0 Å². The maximum absolute atomic E-state index is 6.13. The van der Waals surface area contributed by atoms with Crippen molar-refractivity contribution in [1.29, 1.82) is 0 Å². The Labute approximate surface area is 122 Å². The van der Waals surface area contributed by atoms with Crippen LogP contribution in [0.15, 0.2) is 28.6 Å². The van der Waals surface area contributed by atoms with Crippen LogP contribution in [0.5, 0.6) is 0 Å². The molecule has 0 aliphatic carbocycles. The molecule has 2 N–H and O–H groups in total. The standard InChI is InChI=1S/C14H19N3S2/c1-4-12-16-14(19-17-12)18-13(10(3)15)11-7-5-9(2)6-8-11/h5-8,10,13H,4,15H2,1-3H3. The molecule has 0 spiro atoms. The molecule has 1 heterocycles. The van der Waals surface area contributed by atoms with Crippen LogP contribution in [0.4, 0.5) is 0 Å². The smallest absolute Gasteiger partial charge is 0.170 e. The molecule has 5 heteroatoms. The third kappa shape index (κ3) is 3.78. The molecule has 0 saturated heterocycles. The van der Waals surface area contributed by atoms with Gasteiger partial charge in [-0.1, -0.05) is 48.5 Å². The third-order valence-electron chi connectivity index (χ3n) is 2.88. The number of rotatable bonds is 5. The summed E-state index contributed by atoms with van der Waals surface area (Å²) in [6.45, 7) is 6.20. The number of hydrogen-bond donors (Lipinski definition) is 1. The average molecular weight is 293 g/mol. The van der Waals surface area contributed by atoms with Gasteiger partial charge in [-0.3, -0.25) is 0 Å². The first-order valence-corrected chi connectivity index (χ1v) is 8.07. The summed E-state index contributed by atoms with van der Waals surface area (Å²) in [5.74, 6) is 0.917. The van der Waals surface area contributed by atoms with E-state index in [1.54, 1.807) is 11.8 Å². The molecule has 0 amide bonds. The van der Waals surface area contributed by atoms with Crippen molar-refractivity contribution in [3.8, 4) is 0 Å². The van der Waals surface area contributed by atoms with Crippen molar-refractivity contribution in [2.24, 2.45) is 5.73 Å². The number of nitrogens with zero attached hydrogens (tertiary/aromatic N) is 2. The van der Waals surface area contributed by atoms with Crippen molar-refractivity contribution in [2.45, 2.75) is 42.8 Å². The summed E-state index contributed by atoms with van der Waals surface area (Å²) in [6, 6.07) is 8.63. The van der Waals surface area contributed by atoms with E-state index in [1.165, 1.54) is 22.7 Å². The largest absolute Gasteiger partial charge is 0.327 e. The maximum Gasteiger partial charge on any atom is 0.170 e. The van der Waals surface area contributed by atoms with Gasteiger partial charge in [-0.05, 0) is 30.9 Å². The molecule has 0 aliphatic rings. The van der Waals surface area contributed by atoms with E-state index in [-0.39, 0.29) is 11.3 Å². The summed E-state index contributed by atoms with van der Waals surface area (Å²) in [6.07, 6.45) is 0.879. The van der Waals surface area contributed by atoms with E-state index in [2.05, 4.69) is 47.5 Å². The van der Waals surface area contributed by atoms with Crippen LogP contribution >= 0.6 is 23.3 Å². The SMILES string of the molecule is CCc1nsc(SC(c2ccc(C)cc2)C(C)N)n1. The van der Waals surface area contributed by atoms with Gasteiger partial charge in [0.15, 0.2) is 4.34 Å². The first-order valence-electron chi connectivity index (χ1n) is 6.41.